The van der Waals surface area contributed by atoms with Crippen molar-refractivity contribution in [3.8, 4) is 11.6 Å². The van der Waals surface area contributed by atoms with Crippen LogP contribution in [-0.4, -0.2) is 23.7 Å². The Morgan fingerprint density at radius 1 is 1.23 bits per heavy atom. The largest absolute Gasteiger partial charge is 0.439 e. The fourth-order valence-electron chi connectivity index (χ4n) is 3.62. The van der Waals surface area contributed by atoms with E-state index >= 15 is 0 Å². The molecule has 5 nitrogen and oxygen atoms in total. The lowest BCUT2D eigenvalue weighted by Gasteiger charge is -2.23. The Morgan fingerprint density at radius 2 is 2.08 bits per heavy atom. The van der Waals surface area contributed by atoms with Gasteiger partial charge in [-0.2, -0.15) is 0 Å². The highest BCUT2D eigenvalue weighted by Crippen LogP contribution is 2.38. The summed E-state index contributed by atoms with van der Waals surface area (Å²) in [4.78, 5) is 6.81. The van der Waals surface area contributed by atoms with E-state index in [2.05, 4.69) is 61.1 Å². The van der Waals surface area contributed by atoms with Crippen LogP contribution in [0.25, 0.3) is 0 Å². The van der Waals surface area contributed by atoms with Crippen molar-refractivity contribution in [1.82, 2.24) is 10.3 Å². The van der Waals surface area contributed by atoms with Crippen LogP contribution in [0.2, 0.25) is 0 Å². The highest BCUT2D eigenvalue weighted by atomic mass is 16.5. The molecule has 5 heteroatoms. The van der Waals surface area contributed by atoms with E-state index < -0.39 is 0 Å². The molecule has 3 heterocycles. The molecule has 0 radical (unpaired) electrons. The van der Waals surface area contributed by atoms with Gasteiger partial charge >= 0.3 is 0 Å². The lowest BCUT2D eigenvalue weighted by molar-refractivity contribution is -0.00794. The first kappa shape index (κ1) is 17.3. The third-order valence-corrected chi connectivity index (χ3v) is 5.64. The Kier molecular flexibility index (Phi) is 4.16. The molecule has 1 aromatic carbocycles. The minimum absolute atomic E-state index is 0.175. The highest BCUT2D eigenvalue weighted by molar-refractivity contribution is 5.48. The third-order valence-electron chi connectivity index (χ3n) is 5.64. The Balaban J connectivity index is 1.47. The standard InChI is InChI=1S/C21H27N3O2/c1-5-21(4)13-24(14-23-21)16-7-9-19(22-11-16)26-17-8-6-15-12-25-20(2,3)18(15)10-17/h6-11,23H,5,12-14H2,1-4H3/t21-/m1/s1. The van der Waals surface area contributed by atoms with Crippen molar-refractivity contribution in [2.75, 3.05) is 18.1 Å². The number of benzene rings is 1. The van der Waals surface area contributed by atoms with E-state index in [1.807, 2.05) is 18.3 Å². The minimum Gasteiger partial charge on any atom is -0.439 e. The summed E-state index contributed by atoms with van der Waals surface area (Å²) in [6.07, 6.45) is 3.00. The zero-order valence-electron chi connectivity index (χ0n) is 16.0. The minimum atomic E-state index is -0.263. The van der Waals surface area contributed by atoms with Crippen LogP contribution in [0.1, 0.15) is 45.2 Å². The topological polar surface area (TPSA) is 46.6 Å². The van der Waals surface area contributed by atoms with Gasteiger partial charge in [0.15, 0.2) is 0 Å². The van der Waals surface area contributed by atoms with Gasteiger partial charge in [0.1, 0.15) is 5.75 Å². The SMILES string of the molecule is CC[C@]1(C)CN(c2ccc(Oc3ccc4c(c3)C(C)(C)OC4)nc2)CN1. The van der Waals surface area contributed by atoms with E-state index in [1.165, 1.54) is 11.1 Å². The average molecular weight is 353 g/mol. The van der Waals surface area contributed by atoms with Crippen molar-refractivity contribution in [3.05, 3.63) is 47.7 Å². The summed E-state index contributed by atoms with van der Waals surface area (Å²) in [6.45, 7) is 11.2. The summed E-state index contributed by atoms with van der Waals surface area (Å²) in [7, 11) is 0. The van der Waals surface area contributed by atoms with Crippen LogP contribution in [-0.2, 0) is 16.9 Å². The number of nitrogens with one attached hydrogen (secondary N) is 1. The molecule has 138 valence electrons. The number of fused-ring (bicyclic) bond motifs is 1. The number of anilines is 1. The van der Waals surface area contributed by atoms with Gasteiger partial charge in [0.25, 0.3) is 0 Å². The number of hydrogen-bond donors (Lipinski definition) is 1. The molecule has 1 saturated heterocycles. The van der Waals surface area contributed by atoms with Gasteiger partial charge in [0.05, 0.1) is 30.8 Å². The normalized spacial score (nSPS) is 23.9. The zero-order valence-corrected chi connectivity index (χ0v) is 16.0. The Bertz CT molecular complexity index is 803. The Morgan fingerprint density at radius 3 is 2.77 bits per heavy atom. The second-order valence-electron chi connectivity index (χ2n) is 8.02. The van der Waals surface area contributed by atoms with Gasteiger partial charge in [-0.25, -0.2) is 4.98 Å². The molecule has 0 unspecified atom stereocenters. The molecule has 0 aliphatic carbocycles. The first-order chi connectivity index (χ1) is 12.4. The monoisotopic (exact) mass is 353 g/mol. The fourth-order valence-corrected chi connectivity index (χ4v) is 3.62. The number of nitrogens with zero attached hydrogens (tertiary/aromatic N) is 2. The predicted octanol–water partition coefficient (Wildman–Crippen LogP) is 4.18. The van der Waals surface area contributed by atoms with Crippen molar-refractivity contribution < 1.29 is 9.47 Å². The van der Waals surface area contributed by atoms with Crippen LogP contribution in [0.4, 0.5) is 5.69 Å². The summed E-state index contributed by atoms with van der Waals surface area (Å²) >= 11 is 0. The first-order valence-electron chi connectivity index (χ1n) is 9.30. The van der Waals surface area contributed by atoms with E-state index in [0.29, 0.717) is 12.5 Å². The van der Waals surface area contributed by atoms with Gasteiger partial charge in [-0.1, -0.05) is 13.0 Å². The molecule has 1 atom stereocenters. The van der Waals surface area contributed by atoms with Gasteiger partial charge in [-0.15, -0.1) is 0 Å². The molecule has 2 aliphatic rings. The Hall–Kier alpha value is -2.11. The van der Waals surface area contributed by atoms with Crippen LogP contribution < -0.4 is 15.0 Å². The van der Waals surface area contributed by atoms with Crippen LogP contribution >= 0.6 is 0 Å². The smallest absolute Gasteiger partial charge is 0.219 e. The molecular formula is C21H27N3O2. The fraction of sp³-hybridized carbons (Fsp3) is 0.476. The van der Waals surface area contributed by atoms with Crippen molar-refractivity contribution in [2.45, 2.75) is 51.9 Å². The maximum atomic E-state index is 5.98. The van der Waals surface area contributed by atoms with Gasteiger partial charge in [0, 0.05) is 18.2 Å². The maximum absolute atomic E-state index is 5.98. The molecule has 2 aliphatic heterocycles. The second kappa shape index (κ2) is 6.25. The number of ether oxygens (including phenoxy) is 2. The second-order valence-corrected chi connectivity index (χ2v) is 8.02. The van der Waals surface area contributed by atoms with Gasteiger partial charge in [0.2, 0.25) is 5.88 Å². The Labute approximate surface area is 155 Å². The molecule has 26 heavy (non-hydrogen) atoms. The summed E-state index contributed by atoms with van der Waals surface area (Å²) in [5.74, 6) is 1.40. The lowest BCUT2D eigenvalue weighted by Crippen LogP contribution is -2.38. The van der Waals surface area contributed by atoms with Gasteiger partial charge < -0.3 is 14.4 Å². The number of hydrogen-bond acceptors (Lipinski definition) is 5. The molecular weight excluding hydrogens is 326 g/mol. The van der Waals surface area contributed by atoms with Crippen LogP contribution in [0.15, 0.2) is 36.5 Å². The van der Waals surface area contributed by atoms with Crippen molar-refractivity contribution in [2.24, 2.45) is 0 Å². The molecule has 2 aromatic rings. The lowest BCUT2D eigenvalue weighted by atomic mass is 9.96. The molecule has 4 rings (SSSR count). The summed E-state index contributed by atoms with van der Waals surface area (Å²) in [5, 5.41) is 3.57. The first-order valence-corrected chi connectivity index (χ1v) is 9.30. The number of aromatic nitrogens is 1. The van der Waals surface area contributed by atoms with Crippen molar-refractivity contribution in [1.29, 1.82) is 0 Å². The predicted molar refractivity (Wildman–Crippen MR) is 103 cm³/mol. The highest BCUT2D eigenvalue weighted by Gasteiger charge is 2.32. The maximum Gasteiger partial charge on any atom is 0.219 e. The summed E-state index contributed by atoms with van der Waals surface area (Å²) in [6, 6.07) is 10.1. The van der Waals surface area contributed by atoms with Crippen molar-refractivity contribution >= 4 is 5.69 Å². The van der Waals surface area contributed by atoms with E-state index in [1.54, 1.807) is 0 Å². The van der Waals surface area contributed by atoms with E-state index in [0.717, 1.165) is 31.1 Å². The van der Waals surface area contributed by atoms with Crippen LogP contribution in [0.5, 0.6) is 11.6 Å². The molecule has 1 N–H and O–H groups in total. The van der Waals surface area contributed by atoms with Gasteiger partial charge in [-0.3, -0.25) is 5.32 Å². The third kappa shape index (κ3) is 3.17. The zero-order chi connectivity index (χ0) is 18.4. The number of rotatable bonds is 4. The van der Waals surface area contributed by atoms with E-state index in [-0.39, 0.29) is 11.1 Å². The van der Waals surface area contributed by atoms with Crippen LogP contribution in [0, 0.1) is 0 Å². The molecule has 0 bridgehead atoms. The molecule has 0 amide bonds. The quantitative estimate of drug-likeness (QED) is 0.894. The summed E-state index contributed by atoms with van der Waals surface area (Å²) in [5.41, 5.74) is 3.44. The van der Waals surface area contributed by atoms with Crippen molar-refractivity contribution in [3.63, 3.8) is 0 Å². The number of pyridine rings is 1. The van der Waals surface area contributed by atoms with E-state index in [9.17, 15) is 0 Å². The molecule has 1 aromatic heterocycles. The molecule has 0 spiro atoms. The summed E-state index contributed by atoms with van der Waals surface area (Å²) < 4.78 is 11.8. The molecule has 0 saturated carbocycles. The molecule has 1 fully saturated rings. The van der Waals surface area contributed by atoms with E-state index in [4.69, 9.17) is 9.47 Å². The van der Waals surface area contributed by atoms with Crippen LogP contribution in [0.3, 0.4) is 0 Å². The van der Waals surface area contributed by atoms with Gasteiger partial charge in [-0.05, 0) is 56.5 Å². The average Bonchev–Trinajstić information content (AvgIpc) is 3.17.